The zero-order valence-corrected chi connectivity index (χ0v) is 11.8. The van der Waals surface area contributed by atoms with Crippen LogP contribution in [0.3, 0.4) is 0 Å². The molecular weight excluding hydrogens is 254 g/mol. The Morgan fingerprint density at radius 3 is 2.55 bits per heavy atom. The topological polar surface area (TPSA) is 55.4 Å². The monoisotopic (exact) mass is 271 g/mol. The van der Waals surface area contributed by atoms with Crippen LogP contribution in [-0.4, -0.2) is 25.0 Å². The van der Waals surface area contributed by atoms with Gasteiger partial charge >= 0.3 is 5.97 Å². The third kappa shape index (κ3) is 2.79. The number of carbonyl (C=O) groups is 2. The molecular formula is C16H17NO3. The number of amides is 1. The molecule has 1 N–H and O–H groups in total. The summed E-state index contributed by atoms with van der Waals surface area (Å²) in [5.74, 6) is -0.500. The molecule has 0 aliphatic rings. The van der Waals surface area contributed by atoms with Crippen molar-refractivity contribution in [3.63, 3.8) is 0 Å². The number of rotatable bonds is 3. The number of fused-ring (bicyclic) bond motifs is 1. The minimum absolute atomic E-state index is 0.0760. The van der Waals surface area contributed by atoms with E-state index in [9.17, 15) is 9.59 Å². The molecule has 0 saturated heterocycles. The molecule has 4 heteroatoms. The van der Waals surface area contributed by atoms with Crippen LogP contribution >= 0.6 is 0 Å². The van der Waals surface area contributed by atoms with E-state index in [2.05, 4.69) is 5.32 Å². The summed E-state index contributed by atoms with van der Waals surface area (Å²) in [5, 5.41) is 4.52. The van der Waals surface area contributed by atoms with E-state index in [1.807, 2.05) is 19.9 Å². The largest absolute Gasteiger partial charge is 0.465 e. The highest BCUT2D eigenvalue weighted by molar-refractivity contribution is 6.08. The van der Waals surface area contributed by atoms with E-state index in [0.29, 0.717) is 11.1 Å². The van der Waals surface area contributed by atoms with Crippen molar-refractivity contribution in [3.05, 3.63) is 47.5 Å². The van der Waals surface area contributed by atoms with Gasteiger partial charge in [0.1, 0.15) is 0 Å². The van der Waals surface area contributed by atoms with Crippen LogP contribution in [0.25, 0.3) is 10.8 Å². The second-order valence-electron chi connectivity index (χ2n) is 4.86. The van der Waals surface area contributed by atoms with Crippen molar-refractivity contribution in [2.24, 2.45) is 0 Å². The van der Waals surface area contributed by atoms with Gasteiger partial charge in [0, 0.05) is 11.6 Å². The lowest BCUT2D eigenvalue weighted by atomic mass is 10.0. The molecule has 0 aliphatic carbocycles. The van der Waals surface area contributed by atoms with Crippen LogP contribution in [0.1, 0.15) is 34.6 Å². The van der Waals surface area contributed by atoms with E-state index in [1.165, 1.54) is 7.11 Å². The molecule has 2 aromatic rings. The van der Waals surface area contributed by atoms with Crippen molar-refractivity contribution in [2.75, 3.05) is 7.11 Å². The van der Waals surface area contributed by atoms with Crippen molar-refractivity contribution >= 4 is 22.6 Å². The highest BCUT2D eigenvalue weighted by Gasteiger charge is 2.12. The molecule has 0 bridgehead atoms. The van der Waals surface area contributed by atoms with Crippen LogP contribution in [0, 0.1) is 0 Å². The van der Waals surface area contributed by atoms with Crippen LogP contribution in [0.5, 0.6) is 0 Å². The lowest BCUT2D eigenvalue weighted by Gasteiger charge is -2.11. The van der Waals surface area contributed by atoms with Gasteiger partial charge in [0.05, 0.1) is 12.7 Å². The quantitative estimate of drug-likeness (QED) is 0.873. The number of hydrogen-bond acceptors (Lipinski definition) is 3. The van der Waals surface area contributed by atoms with E-state index in [0.717, 1.165) is 10.8 Å². The van der Waals surface area contributed by atoms with E-state index >= 15 is 0 Å². The number of benzene rings is 2. The van der Waals surface area contributed by atoms with Gasteiger partial charge in [-0.1, -0.05) is 18.2 Å². The molecule has 0 unspecified atom stereocenters. The Bertz CT molecular complexity index is 662. The first-order valence-corrected chi connectivity index (χ1v) is 6.45. The zero-order valence-electron chi connectivity index (χ0n) is 11.8. The number of carbonyl (C=O) groups excluding carboxylic acids is 2. The molecule has 0 aliphatic heterocycles. The molecule has 104 valence electrons. The first-order chi connectivity index (χ1) is 9.52. The van der Waals surface area contributed by atoms with Gasteiger partial charge in [-0.25, -0.2) is 4.79 Å². The number of ether oxygens (including phenoxy) is 1. The fourth-order valence-electron chi connectivity index (χ4n) is 2.07. The lowest BCUT2D eigenvalue weighted by Crippen LogP contribution is -2.30. The normalized spacial score (nSPS) is 10.6. The zero-order chi connectivity index (χ0) is 14.7. The summed E-state index contributed by atoms with van der Waals surface area (Å²) in [4.78, 5) is 23.7. The molecule has 1 amide bonds. The van der Waals surface area contributed by atoms with Crippen molar-refractivity contribution in [2.45, 2.75) is 19.9 Å². The van der Waals surface area contributed by atoms with Gasteiger partial charge in [0.25, 0.3) is 5.91 Å². The second kappa shape index (κ2) is 5.74. The van der Waals surface area contributed by atoms with Crippen molar-refractivity contribution in [1.29, 1.82) is 0 Å². The summed E-state index contributed by atoms with van der Waals surface area (Å²) < 4.78 is 4.70. The van der Waals surface area contributed by atoms with Gasteiger partial charge in [-0.3, -0.25) is 4.79 Å². The highest BCUT2D eigenvalue weighted by Crippen LogP contribution is 2.21. The van der Waals surface area contributed by atoms with Crippen LogP contribution in [-0.2, 0) is 4.74 Å². The van der Waals surface area contributed by atoms with Gasteiger partial charge in [-0.05, 0) is 42.8 Å². The average Bonchev–Trinajstić information content (AvgIpc) is 2.44. The van der Waals surface area contributed by atoms with E-state index in [4.69, 9.17) is 4.74 Å². The fraction of sp³-hybridized carbons (Fsp3) is 0.250. The molecule has 0 atom stereocenters. The summed E-state index contributed by atoms with van der Waals surface area (Å²) in [6, 6.07) is 10.7. The lowest BCUT2D eigenvalue weighted by molar-refractivity contribution is 0.0600. The van der Waals surface area contributed by atoms with Crippen molar-refractivity contribution in [1.82, 2.24) is 5.32 Å². The standard InChI is InChI=1S/C16H17NO3/c1-10(2)17-15(18)14-6-4-5-11-9-12(16(19)20-3)7-8-13(11)14/h4-10H,1-3H3,(H,17,18). The molecule has 2 rings (SSSR count). The summed E-state index contributed by atoms with van der Waals surface area (Å²) in [7, 11) is 1.35. The summed E-state index contributed by atoms with van der Waals surface area (Å²) in [5.41, 5.74) is 1.08. The van der Waals surface area contributed by atoms with Crippen LogP contribution < -0.4 is 5.32 Å². The van der Waals surface area contributed by atoms with Crippen LogP contribution in [0.4, 0.5) is 0 Å². The molecule has 0 aromatic heterocycles. The third-order valence-corrected chi connectivity index (χ3v) is 2.97. The first kappa shape index (κ1) is 14.1. The van der Waals surface area contributed by atoms with E-state index in [1.54, 1.807) is 30.3 Å². The van der Waals surface area contributed by atoms with E-state index < -0.39 is 0 Å². The van der Waals surface area contributed by atoms with Crippen LogP contribution in [0.15, 0.2) is 36.4 Å². The minimum atomic E-state index is -0.385. The number of nitrogens with one attached hydrogen (secondary N) is 1. The smallest absolute Gasteiger partial charge is 0.337 e. The Morgan fingerprint density at radius 2 is 1.90 bits per heavy atom. The molecule has 0 saturated carbocycles. The van der Waals surface area contributed by atoms with Crippen LogP contribution in [0.2, 0.25) is 0 Å². The van der Waals surface area contributed by atoms with Gasteiger partial charge < -0.3 is 10.1 Å². The Morgan fingerprint density at radius 1 is 1.15 bits per heavy atom. The Kier molecular flexibility index (Phi) is 4.03. The number of methoxy groups -OCH3 is 1. The van der Waals surface area contributed by atoms with Gasteiger partial charge in [0.2, 0.25) is 0 Å². The van der Waals surface area contributed by atoms with Gasteiger partial charge in [0.15, 0.2) is 0 Å². The summed E-state index contributed by atoms with van der Waals surface area (Å²) in [6.07, 6.45) is 0. The average molecular weight is 271 g/mol. The second-order valence-corrected chi connectivity index (χ2v) is 4.86. The Labute approximate surface area is 117 Å². The van der Waals surface area contributed by atoms with Crippen molar-refractivity contribution in [3.8, 4) is 0 Å². The fourth-order valence-corrected chi connectivity index (χ4v) is 2.07. The highest BCUT2D eigenvalue weighted by atomic mass is 16.5. The predicted octanol–water partition coefficient (Wildman–Crippen LogP) is 2.76. The first-order valence-electron chi connectivity index (χ1n) is 6.45. The predicted molar refractivity (Wildman–Crippen MR) is 77.9 cm³/mol. The third-order valence-electron chi connectivity index (χ3n) is 2.97. The maximum absolute atomic E-state index is 12.1. The number of hydrogen-bond donors (Lipinski definition) is 1. The minimum Gasteiger partial charge on any atom is -0.465 e. The molecule has 20 heavy (non-hydrogen) atoms. The molecule has 0 spiro atoms. The summed E-state index contributed by atoms with van der Waals surface area (Å²) in [6.45, 7) is 3.83. The van der Waals surface area contributed by atoms with E-state index in [-0.39, 0.29) is 17.9 Å². The molecule has 4 nitrogen and oxygen atoms in total. The maximum Gasteiger partial charge on any atom is 0.337 e. The Balaban J connectivity index is 2.48. The molecule has 0 heterocycles. The molecule has 0 fully saturated rings. The SMILES string of the molecule is COC(=O)c1ccc2c(C(=O)NC(C)C)cccc2c1. The summed E-state index contributed by atoms with van der Waals surface area (Å²) >= 11 is 0. The van der Waals surface area contributed by atoms with Gasteiger partial charge in [-0.2, -0.15) is 0 Å². The Hall–Kier alpha value is -2.36. The maximum atomic E-state index is 12.1. The van der Waals surface area contributed by atoms with Crippen molar-refractivity contribution < 1.29 is 14.3 Å². The number of esters is 1. The molecule has 2 aromatic carbocycles. The van der Waals surface area contributed by atoms with Gasteiger partial charge in [-0.15, -0.1) is 0 Å². The molecule has 0 radical (unpaired) electrons.